The third-order valence-electron chi connectivity index (χ3n) is 7.49. The van der Waals surface area contributed by atoms with Gasteiger partial charge >= 0.3 is 0 Å². The number of ether oxygens (including phenoxy) is 2. The van der Waals surface area contributed by atoms with Gasteiger partial charge in [-0.05, 0) is 59.7 Å². The molecule has 3 aliphatic rings. The van der Waals surface area contributed by atoms with E-state index in [-0.39, 0.29) is 17.6 Å². The van der Waals surface area contributed by atoms with Gasteiger partial charge < -0.3 is 14.4 Å². The van der Waals surface area contributed by atoms with Crippen molar-refractivity contribution in [3.63, 3.8) is 0 Å². The van der Waals surface area contributed by atoms with Crippen LogP contribution in [-0.2, 0) is 9.59 Å². The molecule has 3 aromatic carbocycles. The van der Waals surface area contributed by atoms with E-state index in [9.17, 15) is 14.4 Å². The van der Waals surface area contributed by atoms with Crippen LogP contribution in [0.25, 0.3) is 6.08 Å². The van der Waals surface area contributed by atoms with Gasteiger partial charge in [0.1, 0.15) is 17.5 Å². The van der Waals surface area contributed by atoms with Crippen LogP contribution < -0.4 is 14.4 Å². The van der Waals surface area contributed by atoms with Crippen LogP contribution in [0, 0.1) is 11.8 Å². The lowest BCUT2D eigenvalue weighted by molar-refractivity contribution is -0.123. The minimum absolute atomic E-state index is 0.295. The number of methoxy groups -OCH3 is 2. The van der Waals surface area contributed by atoms with Crippen LogP contribution in [-0.4, -0.2) is 42.8 Å². The van der Waals surface area contributed by atoms with Crippen LogP contribution in [0.1, 0.15) is 27.5 Å². The first-order valence-corrected chi connectivity index (χ1v) is 12.7. The monoisotopic (exact) mass is 558 g/mol. The molecule has 37 heavy (non-hydrogen) atoms. The number of benzene rings is 3. The summed E-state index contributed by atoms with van der Waals surface area (Å²) in [4.78, 5) is 45.3. The van der Waals surface area contributed by atoms with Gasteiger partial charge in [-0.25, -0.2) is 4.90 Å². The molecular weight excluding hydrogens is 536 g/mol. The molecule has 2 fully saturated rings. The average molecular weight is 559 g/mol. The molecule has 6 rings (SSSR count). The maximum atomic E-state index is 14.2. The van der Waals surface area contributed by atoms with Crippen molar-refractivity contribution in [1.29, 1.82) is 0 Å². The molecule has 3 heterocycles. The van der Waals surface area contributed by atoms with Crippen molar-refractivity contribution in [2.75, 3.05) is 19.1 Å². The summed E-state index contributed by atoms with van der Waals surface area (Å²) in [5, 5.41) is 0. The van der Waals surface area contributed by atoms with E-state index in [1.54, 1.807) is 42.5 Å². The first kappa shape index (κ1) is 23.5. The highest BCUT2D eigenvalue weighted by atomic mass is 79.9. The zero-order chi connectivity index (χ0) is 25.8. The number of amides is 2. The predicted molar refractivity (Wildman–Crippen MR) is 141 cm³/mol. The van der Waals surface area contributed by atoms with Crippen LogP contribution in [0.3, 0.4) is 0 Å². The summed E-state index contributed by atoms with van der Waals surface area (Å²) >= 11 is 3.41. The van der Waals surface area contributed by atoms with E-state index < -0.39 is 23.9 Å². The number of carbonyl (C=O) groups is 3. The van der Waals surface area contributed by atoms with E-state index in [4.69, 9.17) is 9.47 Å². The highest BCUT2D eigenvalue weighted by Crippen LogP contribution is 2.54. The zero-order valence-corrected chi connectivity index (χ0v) is 21.7. The number of nitrogens with zero attached hydrogens (tertiary/aromatic N) is 2. The van der Waals surface area contributed by atoms with Crippen molar-refractivity contribution < 1.29 is 23.9 Å². The average Bonchev–Trinajstić information content (AvgIpc) is 3.40. The molecule has 4 atom stereocenters. The van der Waals surface area contributed by atoms with Crippen LogP contribution in [0.5, 0.6) is 11.5 Å². The van der Waals surface area contributed by atoms with E-state index in [1.165, 1.54) is 19.1 Å². The maximum Gasteiger partial charge on any atom is 0.240 e. The van der Waals surface area contributed by atoms with Crippen molar-refractivity contribution in [1.82, 2.24) is 4.90 Å². The number of Topliss-reactive ketones (excluding diaryl/α,β-unsaturated/α-hetero) is 1. The lowest BCUT2D eigenvalue weighted by Crippen LogP contribution is -2.44. The molecule has 3 aromatic rings. The third-order valence-corrected chi connectivity index (χ3v) is 8.02. The molecule has 3 aliphatic heterocycles. The first-order chi connectivity index (χ1) is 17.9. The van der Waals surface area contributed by atoms with E-state index >= 15 is 0 Å². The summed E-state index contributed by atoms with van der Waals surface area (Å²) in [6.45, 7) is 0. The Bertz CT molecular complexity index is 1470. The van der Waals surface area contributed by atoms with Crippen molar-refractivity contribution in [2.24, 2.45) is 11.8 Å². The molecule has 0 aromatic heterocycles. The van der Waals surface area contributed by atoms with Crippen LogP contribution in [0.2, 0.25) is 0 Å². The molecule has 4 unspecified atom stereocenters. The fourth-order valence-corrected chi connectivity index (χ4v) is 6.13. The number of hydrogen-bond acceptors (Lipinski definition) is 6. The Morgan fingerprint density at radius 2 is 1.62 bits per heavy atom. The first-order valence-electron chi connectivity index (χ1n) is 11.9. The van der Waals surface area contributed by atoms with Crippen molar-refractivity contribution >= 4 is 45.3 Å². The van der Waals surface area contributed by atoms with Crippen LogP contribution in [0.15, 0.2) is 77.4 Å². The predicted octanol–water partition coefficient (Wildman–Crippen LogP) is 4.86. The van der Waals surface area contributed by atoms with Gasteiger partial charge in [-0.2, -0.15) is 0 Å². The quantitative estimate of drug-likeness (QED) is 0.328. The summed E-state index contributed by atoms with van der Waals surface area (Å²) in [6, 6.07) is 18.5. The zero-order valence-electron chi connectivity index (χ0n) is 20.1. The van der Waals surface area contributed by atoms with Gasteiger partial charge in [0.25, 0.3) is 0 Å². The molecule has 2 saturated heterocycles. The fraction of sp³-hybridized carbons (Fsp3) is 0.207. The van der Waals surface area contributed by atoms with Crippen molar-refractivity contribution in [3.05, 3.63) is 94.1 Å². The number of hydrogen-bond donors (Lipinski definition) is 0. The standard InChI is InChI=1S/C29H23BrN2O5/c1-36-19-11-12-22(37-2)21(15-19)27(33)26-24-23(25-20-6-4-3-5-16(20)13-14-31(25)26)28(34)32(29(24)35)18-9-7-17(30)8-10-18/h3-15,23-26H,1-2H3. The molecule has 0 bridgehead atoms. The largest absolute Gasteiger partial charge is 0.497 e. The normalized spacial score (nSPS) is 23.5. The Kier molecular flexibility index (Phi) is 5.64. The summed E-state index contributed by atoms with van der Waals surface area (Å²) < 4.78 is 11.7. The Balaban J connectivity index is 1.51. The van der Waals surface area contributed by atoms with Crippen molar-refractivity contribution in [2.45, 2.75) is 12.1 Å². The Morgan fingerprint density at radius 1 is 0.892 bits per heavy atom. The number of ketones is 1. The highest BCUT2D eigenvalue weighted by Gasteiger charge is 2.64. The molecule has 7 nitrogen and oxygen atoms in total. The molecule has 0 radical (unpaired) electrons. The van der Waals surface area contributed by atoms with Gasteiger partial charge in [0.05, 0.1) is 43.3 Å². The SMILES string of the molecule is COc1ccc(OC)c(C(=O)C2C3C(=O)N(c4ccc(Br)cc4)C(=O)C3C3c4ccccc4C=CN23)c1. The summed E-state index contributed by atoms with van der Waals surface area (Å²) in [6.07, 6.45) is 3.77. The van der Waals surface area contributed by atoms with Gasteiger partial charge in [0.2, 0.25) is 11.8 Å². The Hall–Kier alpha value is -3.91. The summed E-state index contributed by atoms with van der Waals surface area (Å²) in [7, 11) is 3.02. The van der Waals surface area contributed by atoms with Crippen molar-refractivity contribution in [3.8, 4) is 11.5 Å². The molecule has 2 amide bonds. The lowest BCUT2D eigenvalue weighted by atomic mass is 9.83. The third kappa shape index (κ3) is 3.50. The minimum atomic E-state index is -0.891. The molecule has 0 saturated carbocycles. The number of carbonyl (C=O) groups excluding carboxylic acids is 3. The second-order valence-corrected chi connectivity index (χ2v) is 10.2. The van der Waals surface area contributed by atoms with Crippen LogP contribution in [0.4, 0.5) is 5.69 Å². The molecule has 0 spiro atoms. The number of fused-ring (bicyclic) bond motifs is 5. The van der Waals surface area contributed by atoms with E-state index in [2.05, 4.69) is 15.9 Å². The van der Waals surface area contributed by atoms with E-state index in [0.29, 0.717) is 22.7 Å². The van der Waals surface area contributed by atoms with Gasteiger partial charge in [0, 0.05) is 10.7 Å². The van der Waals surface area contributed by atoms with Gasteiger partial charge in [-0.3, -0.25) is 14.4 Å². The maximum absolute atomic E-state index is 14.2. The number of rotatable bonds is 5. The molecule has 0 aliphatic carbocycles. The van der Waals surface area contributed by atoms with Gasteiger partial charge in [-0.1, -0.05) is 40.2 Å². The second-order valence-electron chi connectivity index (χ2n) is 9.25. The van der Waals surface area contributed by atoms with E-state index in [0.717, 1.165) is 15.6 Å². The highest BCUT2D eigenvalue weighted by molar-refractivity contribution is 9.10. The Morgan fingerprint density at radius 3 is 2.35 bits per heavy atom. The topological polar surface area (TPSA) is 76.1 Å². The lowest BCUT2D eigenvalue weighted by Gasteiger charge is -2.35. The fourth-order valence-electron chi connectivity index (χ4n) is 5.87. The van der Waals surface area contributed by atoms with E-state index in [1.807, 2.05) is 41.4 Å². The second kappa shape index (κ2) is 8.88. The summed E-state index contributed by atoms with van der Waals surface area (Å²) in [5.41, 5.74) is 2.69. The van der Waals surface area contributed by atoms with Crippen LogP contribution >= 0.6 is 15.9 Å². The smallest absolute Gasteiger partial charge is 0.240 e. The molecule has 8 heteroatoms. The Labute approximate surface area is 222 Å². The molecule has 0 N–H and O–H groups in total. The number of halogens is 1. The van der Waals surface area contributed by atoms with Gasteiger partial charge in [-0.15, -0.1) is 0 Å². The molecular formula is C29H23BrN2O5. The number of imide groups is 1. The number of anilines is 1. The van der Waals surface area contributed by atoms with Gasteiger partial charge in [0.15, 0.2) is 5.78 Å². The summed E-state index contributed by atoms with van der Waals surface area (Å²) in [5.74, 6) is -1.67. The molecule has 186 valence electrons. The minimum Gasteiger partial charge on any atom is -0.497 e.